The molecule has 0 aliphatic carbocycles. The van der Waals surface area contributed by atoms with Crippen LogP contribution >= 0.6 is 11.8 Å². The first kappa shape index (κ1) is 20.3. The number of hydrogen-bond acceptors (Lipinski definition) is 3. The van der Waals surface area contributed by atoms with Crippen LogP contribution in [0.25, 0.3) is 0 Å². The van der Waals surface area contributed by atoms with Gasteiger partial charge in [0.15, 0.2) is 0 Å². The third-order valence-corrected chi connectivity index (χ3v) is 6.80. The Kier molecular flexibility index (Phi) is 6.88. The Labute approximate surface area is 169 Å². The van der Waals surface area contributed by atoms with Gasteiger partial charge in [-0.05, 0) is 49.9 Å². The first-order valence-electron chi connectivity index (χ1n) is 10.3. The van der Waals surface area contributed by atoms with E-state index in [9.17, 15) is 0 Å². The molecular weight excluding hydrogens is 350 g/mol. The first-order valence-corrected chi connectivity index (χ1v) is 11.3. The molecule has 0 aromatic heterocycles. The predicted molar refractivity (Wildman–Crippen MR) is 117 cm³/mol. The monoisotopic (exact) mass is 383 g/mol. The van der Waals surface area contributed by atoms with Crippen LogP contribution in [0.5, 0.6) is 5.75 Å². The van der Waals surface area contributed by atoms with Gasteiger partial charge in [-0.3, -0.25) is 5.32 Å². The van der Waals surface area contributed by atoms with E-state index < -0.39 is 0 Å². The first-order chi connectivity index (χ1) is 13.1. The second kappa shape index (κ2) is 9.16. The molecule has 2 aromatic rings. The summed E-state index contributed by atoms with van der Waals surface area (Å²) in [6.07, 6.45) is 5.07. The van der Waals surface area contributed by atoms with Gasteiger partial charge in [-0.15, -0.1) is 11.8 Å². The molecule has 0 spiro atoms. The van der Waals surface area contributed by atoms with Crippen molar-refractivity contribution in [1.82, 2.24) is 5.32 Å². The van der Waals surface area contributed by atoms with E-state index in [1.165, 1.54) is 35.3 Å². The second-order valence-electron chi connectivity index (χ2n) is 7.88. The lowest BCUT2D eigenvalue weighted by Gasteiger charge is -2.36. The Hall–Kier alpha value is -1.45. The predicted octanol–water partition coefficient (Wildman–Crippen LogP) is 6.60. The molecule has 0 radical (unpaired) electrons. The minimum absolute atomic E-state index is 0.166. The summed E-state index contributed by atoms with van der Waals surface area (Å²) in [6, 6.07) is 17.7. The van der Waals surface area contributed by atoms with E-state index in [2.05, 4.69) is 81.5 Å². The van der Waals surface area contributed by atoms with Crippen LogP contribution in [0.2, 0.25) is 0 Å². The van der Waals surface area contributed by atoms with Crippen molar-refractivity contribution in [3.63, 3.8) is 0 Å². The van der Waals surface area contributed by atoms with Gasteiger partial charge < -0.3 is 4.74 Å². The van der Waals surface area contributed by atoms with Crippen molar-refractivity contribution >= 4 is 11.8 Å². The van der Waals surface area contributed by atoms with Crippen molar-refractivity contribution in [2.24, 2.45) is 0 Å². The van der Waals surface area contributed by atoms with E-state index in [0.29, 0.717) is 0 Å². The molecule has 0 unspecified atom stereocenters. The summed E-state index contributed by atoms with van der Waals surface area (Å²) in [5, 5.41) is 4.09. The van der Waals surface area contributed by atoms with E-state index in [-0.39, 0.29) is 17.7 Å². The molecule has 1 N–H and O–H groups in total. The highest BCUT2D eigenvalue weighted by atomic mass is 32.2. The van der Waals surface area contributed by atoms with Gasteiger partial charge in [0.1, 0.15) is 5.75 Å². The molecule has 3 heteroatoms. The molecule has 146 valence electrons. The fourth-order valence-electron chi connectivity index (χ4n) is 3.81. The molecule has 1 aliphatic heterocycles. The van der Waals surface area contributed by atoms with Crippen molar-refractivity contribution < 1.29 is 4.74 Å². The van der Waals surface area contributed by atoms with Gasteiger partial charge in [-0.2, -0.15) is 0 Å². The number of rotatable bonds is 7. The van der Waals surface area contributed by atoms with Crippen molar-refractivity contribution in [3.05, 3.63) is 59.7 Å². The van der Waals surface area contributed by atoms with Gasteiger partial charge >= 0.3 is 0 Å². The van der Waals surface area contributed by atoms with Gasteiger partial charge in [-0.25, -0.2) is 0 Å². The number of benzene rings is 2. The molecular formula is C24H33NOS. The Balaban J connectivity index is 2.01. The molecule has 0 bridgehead atoms. The molecule has 3 rings (SSSR count). The van der Waals surface area contributed by atoms with Crippen LogP contribution in [0.1, 0.15) is 70.5 Å². The maximum atomic E-state index is 5.97. The average Bonchev–Trinajstić information content (AvgIpc) is 2.84. The molecule has 2 nitrogen and oxygen atoms in total. The maximum Gasteiger partial charge on any atom is 0.120 e. The van der Waals surface area contributed by atoms with Gasteiger partial charge in [-0.1, -0.05) is 63.1 Å². The molecule has 2 atom stereocenters. The number of ether oxygens (including phenoxy) is 1. The van der Waals surface area contributed by atoms with Crippen molar-refractivity contribution in [2.75, 3.05) is 5.75 Å². The number of unbranched alkanes of at least 4 members (excludes halogenated alkanes) is 1. The fraction of sp³-hybridized carbons (Fsp3) is 0.500. The highest BCUT2D eigenvalue weighted by Crippen LogP contribution is 2.42. The summed E-state index contributed by atoms with van der Waals surface area (Å²) < 4.78 is 5.97. The lowest BCUT2D eigenvalue weighted by molar-refractivity contribution is 0.241. The van der Waals surface area contributed by atoms with Gasteiger partial charge in [0.2, 0.25) is 0 Å². The number of nitrogens with one attached hydrogen (secondary N) is 1. The van der Waals surface area contributed by atoms with Gasteiger partial charge in [0.05, 0.1) is 12.1 Å². The topological polar surface area (TPSA) is 21.3 Å². The molecule has 27 heavy (non-hydrogen) atoms. The molecule has 0 saturated heterocycles. The third-order valence-electron chi connectivity index (χ3n) is 5.44. The number of hydrogen-bond donors (Lipinski definition) is 1. The highest BCUT2D eigenvalue weighted by molar-refractivity contribution is 7.99. The zero-order valence-corrected chi connectivity index (χ0v) is 17.9. The maximum absolute atomic E-state index is 5.97. The van der Waals surface area contributed by atoms with Crippen LogP contribution in [0.3, 0.4) is 0 Å². The largest absolute Gasteiger partial charge is 0.491 e. The lowest BCUT2D eigenvalue weighted by atomic mass is 9.88. The quantitative estimate of drug-likeness (QED) is 0.582. The second-order valence-corrected chi connectivity index (χ2v) is 8.90. The third kappa shape index (κ3) is 4.89. The summed E-state index contributed by atoms with van der Waals surface area (Å²) >= 11 is 1.99. The SMILES string of the molecule is CCCC[C@@]1(CC)CSc2cc(OC(C)C)ccc2[C@H](c2ccccc2)N1. The molecule has 0 fully saturated rings. The zero-order valence-electron chi connectivity index (χ0n) is 17.1. The van der Waals surface area contributed by atoms with Crippen LogP contribution in [-0.4, -0.2) is 17.4 Å². The van der Waals surface area contributed by atoms with Crippen LogP contribution in [0.15, 0.2) is 53.4 Å². The minimum atomic E-state index is 0.166. The normalized spacial score (nSPS) is 22.3. The Morgan fingerprint density at radius 2 is 1.93 bits per heavy atom. The van der Waals surface area contributed by atoms with E-state index in [1.807, 2.05) is 11.8 Å². The lowest BCUT2D eigenvalue weighted by Crippen LogP contribution is -2.48. The Morgan fingerprint density at radius 1 is 1.15 bits per heavy atom. The zero-order chi connectivity index (χ0) is 19.3. The van der Waals surface area contributed by atoms with E-state index in [4.69, 9.17) is 4.74 Å². The molecule has 2 aromatic carbocycles. The highest BCUT2D eigenvalue weighted by Gasteiger charge is 2.35. The Bertz CT molecular complexity index is 730. The standard InChI is InChI=1S/C24H33NOS/c1-5-7-15-24(6-2)17-27-22-16-20(26-18(3)4)13-14-21(22)23(25-24)19-11-9-8-10-12-19/h8-14,16,18,23,25H,5-7,15,17H2,1-4H3/t23-,24-/m0/s1. The number of fused-ring (bicyclic) bond motifs is 1. The van der Waals surface area contributed by atoms with E-state index >= 15 is 0 Å². The van der Waals surface area contributed by atoms with Gasteiger partial charge in [0, 0.05) is 16.2 Å². The number of thioether (sulfide) groups is 1. The van der Waals surface area contributed by atoms with Gasteiger partial charge in [0.25, 0.3) is 0 Å². The van der Waals surface area contributed by atoms with E-state index in [0.717, 1.165) is 17.9 Å². The fourth-order valence-corrected chi connectivity index (χ4v) is 5.23. The van der Waals surface area contributed by atoms with Crippen LogP contribution in [0, 0.1) is 0 Å². The summed E-state index contributed by atoms with van der Waals surface area (Å²) in [4.78, 5) is 1.35. The summed E-state index contributed by atoms with van der Waals surface area (Å²) in [5.41, 5.74) is 2.88. The van der Waals surface area contributed by atoms with E-state index in [1.54, 1.807) is 0 Å². The molecule has 0 saturated carbocycles. The minimum Gasteiger partial charge on any atom is -0.491 e. The summed E-state index contributed by atoms with van der Waals surface area (Å²) in [7, 11) is 0. The van der Waals surface area contributed by atoms with Crippen LogP contribution in [-0.2, 0) is 0 Å². The van der Waals surface area contributed by atoms with Crippen molar-refractivity contribution in [3.8, 4) is 5.75 Å². The van der Waals surface area contributed by atoms with Crippen LogP contribution in [0.4, 0.5) is 0 Å². The Morgan fingerprint density at radius 3 is 2.59 bits per heavy atom. The molecule has 0 amide bonds. The van der Waals surface area contributed by atoms with Crippen molar-refractivity contribution in [1.29, 1.82) is 0 Å². The smallest absolute Gasteiger partial charge is 0.120 e. The summed E-state index contributed by atoms with van der Waals surface area (Å²) in [6.45, 7) is 8.78. The molecule has 1 aliphatic rings. The average molecular weight is 384 g/mol. The van der Waals surface area contributed by atoms with Crippen molar-refractivity contribution in [2.45, 2.75) is 76.0 Å². The van der Waals surface area contributed by atoms with Crippen LogP contribution < -0.4 is 10.1 Å². The molecule has 1 heterocycles. The summed E-state index contributed by atoms with van der Waals surface area (Å²) in [5.74, 6) is 2.07.